The van der Waals surface area contributed by atoms with E-state index in [9.17, 15) is 19.2 Å². The molecule has 8 heteroatoms. The topological polar surface area (TPSA) is 80.8 Å². The molecule has 6 nitrogen and oxygen atoms in total. The molecule has 3 aromatic carbocycles. The van der Waals surface area contributed by atoms with E-state index in [1.807, 2.05) is 42.5 Å². The average Bonchev–Trinajstić information content (AvgIpc) is 3.56. The zero-order valence-electron chi connectivity index (χ0n) is 20.1. The summed E-state index contributed by atoms with van der Waals surface area (Å²) in [5.41, 5.74) is 2.99. The second kappa shape index (κ2) is 9.89. The molecule has 6 atom stereocenters. The lowest BCUT2D eigenvalue weighted by atomic mass is 9.81. The van der Waals surface area contributed by atoms with Crippen molar-refractivity contribution in [3.63, 3.8) is 0 Å². The lowest BCUT2D eigenvalue weighted by Gasteiger charge is -2.28. The molecule has 1 saturated heterocycles. The molecule has 3 fully saturated rings. The van der Waals surface area contributed by atoms with Gasteiger partial charge < -0.3 is 4.74 Å². The number of anilines is 1. The Balaban J connectivity index is 1.13. The van der Waals surface area contributed by atoms with E-state index in [1.165, 1.54) is 11.0 Å². The Hall–Kier alpha value is -3.10. The van der Waals surface area contributed by atoms with E-state index in [0.29, 0.717) is 11.3 Å². The fourth-order valence-electron chi connectivity index (χ4n) is 6.15. The summed E-state index contributed by atoms with van der Waals surface area (Å²) in [4.78, 5) is 53.6. The van der Waals surface area contributed by atoms with Crippen LogP contribution in [0.5, 0.6) is 0 Å². The summed E-state index contributed by atoms with van der Waals surface area (Å²) < 4.78 is 5.29. The molecule has 0 aromatic heterocycles. The third kappa shape index (κ3) is 4.14. The monoisotopic (exact) mass is 635 g/mol. The molecule has 3 aromatic rings. The van der Waals surface area contributed by atoms with E-state index in [2.05, 4.69) is 31.9 Å². The molecular formula is C30H23Br2NO5. The van der Waals surface area contributed by atoms with Gasteiger partial charge in [-0.25, -0.2) is 4.79 Å². The number of alkyl halides is 2. The lowest BCUT2D eigenvalue weighted by Crippen LogP contribution is -2.37. The van der Waals surface area contributed by atoms with Gasteiger partial charge in [0, 0.05) is 15.2 Å². The van der Waals surface area contributed by atoms with Crippen molar-refractivity contribution in [1.29, 1.82) is 0 Å². The van der Waals surface area contributed by atoms with Crippen molar-refractivity contribution in [2.45, 2.75) is 16.1 Å². The molecule has 0 radical (unpaired) electrons. The largest absolute Gasteiger partial charge is 0.454 e. The number of ether oxygens (including phenoxy) is 1. The van der Waals surface area contributed by atoms with Crippen molar-refractivity contribution in [1.82, 2.24) is 0 Å². The third-order valence-corrected chi connectivity index (χ3v) is 11.2. The number of fused-ring (bicyclic) bond motifs is 5. The number of halogens is 2. The van der Waals surface area contributed by atoms with E-state index >= 15 is 0 Å². The highest BCUT2D eigenvalue weighted by molar-refractivity contribution is 9.12. The van der Waals surface area contributed by atoms with E-state index in [1.54, 1.807) is 30.3 Å². The maximum Gasteiger partial charge on any atom is 0.338 e. The molecular weight excluding hydrogens is 614 g/mol. The van der Waals surface area contributed by atoms with E-state index in [0.717, 1.165) is 17.5 Å². The fourth-order valence-corrected chi connectivity index (χ4v) is 8.03. The van der Waals surface area contributed by atoms with E-state index < -0.39 is 12.6 Å². The summed E-state index contributed by atoms with van der Waals surface area (Å²) in [7, 11) is 0. The minimum Gasteiger partial charge on any atom is -0.454 e. The summed E-state index contributed by atoms with van der Waals surface area (Å²) in [6, 6.07) is 23.2. The molecule has 0 spiro atoms. The summed E-state index contributed by atoms with van der Waals surface area (Å²) in [6.45, 7) is -0.415. The lowest BCUT2D eigenvalue weighted by molar-refractivity contribution is -0.123. The van der Waals surface area contributed by atoms with Crippen molar-refractivity contribution in [2.75, 3.05) is 11.5 Å². The van der Waals surface area contributed by atoms with E-state index in [4.69, 9.17) is 4.74 Å². The predicted molar refractivity (Wildman–Crippen MR) is 149 cm³/mol. The summed E-state index contributed by atoms with van der Waals surface area (Å²) in [6.07, 6.45) is 0.849. The van der Waals surface area contributed by atoms with Crippen LogP contribution in [0, 0.1) is 23.7 Å². The Morgan fingerprint density at radius 3 is 2.00 bits per heavy atom. The first-order valence-electron chi connectivity index (χ1n) is 12.5. The standard InChI is InChI=1S/C30H23Br2NO5/c31-26-21-14-22(27(26)32)25-24(21)28(35)33(29(25)36)20-8-4-7-19(13-20)30(37)38-15-23(34)18-11-9-17(10-12-18)16-5-2-1-3-6-16/h1-13,21-22,24-27H,14-15H2/t21-,22-,24-,25-,26-,27+/m1/s1. The average molecular weight is 637 g/mol. The van der Waals surface area contributed by atoms with Crippen LogP contribution in [0.4, 0.5) is 5.69 Å². The molecule has 192 valence electrons. The van der Waals surface area contributed by atoms with Crippen LogP contribution in [0.1, 0.15) is 27.1 Å². The number of nitrogens with zero attached hydrogens (tertiary/aromatic N) is 1. The number of ketones is 1. The van der Waals surface area contributed by atoms with Crippen LogP contribution in [-0.2, 0) is 14.3 Å². The predicted octanol–water partition coefficient (Wildman–Crippen LogP) is 5.68. The number of hydrogen-bond acceptors (Lipinski definition) is 5. The first-order chi connectivity index (χ1) is 18.3. The molecule has 3 aliphatic rings. The summed E-state index contributed by atoms with van der Waals surface area (Å²) in [5.74, 6) is -1.91. The number of benzene rings is 3. The van der Waals surface area contributed by atoms with Crippen molar-refractivity contribution in [3.8, 4) is 11.1 Å². The van der Waals surface area contributed by atoms with Gasteiger partial charge in [-0.1, -0.05) is 92.5 Å². The maximum atomic E-state index is 13.3. The molecule has 1 heterocycles. The summed E-state index contributed by atoms with van der Waals surface area (Å²) in [5, 5.41) is 0. The Bertz CT molecular complexity index is 1410. The number of imide groups is 1. The number of amides is 2. The Morgan fingerprint density at radius 2 is 1.37 bits per heavy atom. The molecule has 38 heavy (non-hydrogen) atoms. The Morgan fingerprint density at radius 1 is 0.763 bits per heavy atom. The molecule has 0 unspecified atom stereocenters. The van der Waals surface area contributed by atoms with Crippen LogP contribution >= 0.6 is 31.9 Å². The van der Waals surface area contributed by atoms with Crippen LogP contribution < -0.4 is 4.90 Å². The first kappa shape index (κ1) is 25.2. The number of carbonyl (C=O) groups excluding carboxylic acids is 4. The second-order valence-electron chi connectivity index (χ2n) is 10.0. The molecule has 1 aliphatic heterocycles. The number of rotatable bonds is 6. The minimum absolute atomic E-state index is 0.108. The van der Waals surface area contributed by atoms with Gasteiger partial charge in [-0.3, -0.25) is 19.3 Å². The Labute approximate surface area is 236 Å². The molecule has 2 bridgehead atoms. The third-order valence-electron chi connectivity index (χ3n) is 7.98. The van der Waals surface area contributed by atoms with Gasteiger partial charge in [-0.05, 0) is 47.6 Å². The van der Waals surface area contributed by atoms with Gasteiger partial charge in [0.1, 0.15) is 0 Å². The minimum atomic E-state index is -0.693. The number of carbonyl (C=O) groups is 4. The Kier molecular flexibility index (Phi) is 6.56. The van der Waals surface area contributed by atoms with Crippen LogP contribution in [0.3, 0.4) is 0 Å². The molecule has 6 rings (SSSR count). The van der Waals surface area contributed by atoms with Gasteiger partial charge in [-0.2, -0.15) is 0 Å². The van der Waals surface area contributed by atoms with Crippen LogP contribution in [0.15, 0.2) is 78.9 Å². The van der Waals surface area contributed by atoms with Crippen molar-refractivity contribution >= 4 is 61.1 Å². The zero-order chi connectivity index (χ0) is 26.6. The first-order valence-corrected chi connectivity index (χ1v) is 14.3. The number of hydrogen-bond donors (Lipinski definition) is 0. The van der Waals surface area contributed by atoms with Gasteiger partial charge in [0.05, 0.1) is 23.1 Å². The van der Waals surface area contributed by atoms with Gasteiger partial charge in [0.15, 0.2) is 12.4 Å². The highest BCUT2D eigenvalue weighted by atomic mass is 79.9. The van der Waals surface area contributed by atoms with Crippen molar-refractivity contribution in [3.05, 3.63) is 90.0 Å². The SMILES string of the molecule is O=C(COC(=O)c1cccc(N2C(=O)[C@@H]3[C@H]4C[C@@H]([C@@H](Br)[C@H]4Br)[C@H]3C2=O)c1)c1ccc(-c2ccccc2)cc1. The normalized spacial score (nSPS) is 27.5. The fraction of sp³-hybridized carbons (Fsp3) is 0.267. The molecule has 2 aliphatic carbocycles. The van der Waals surface area contributed by atoms with Gasteiger partial charge in [-0.15, -0.1) is 0 Å². The molecule has 2 saturated carbocycles. The van der Waals surface area contributed by atoms with Gasteiger partial charge in [0.2, 0.25) is 11.8 Å². The van der Waals surface area contributed by atoms with Crippen molar-refractivity contribution in [2.24, 2.45) is 23.7 Å². The van der Waals surface area contributed by atoms with Crippen molar-refractivity contribution < 1.29 is 23.9 Å². The zero-order valence-corrected chi connectivity index (χ0v) is 23.3. The highest BCUT2D eigenvalue weighted by Gasteiger charge is 2.66. The van der Waals surface area contributed by atoms with Gasteiger partial charge >= 0.3 is 5.97 Å². The van der Waals surface area contributed by atoms with E-state index in [-0.39, 0.29) is 56.5 Å². The number of esters is 1. The smallest absolute Gasteiger partial charge is 0.338 e. The van der Waals surface area contributed by atoms with Gasteiger partial charge in [0.25, 0.3) is 0 Å². The van der Waals surface area contributed by atoms with Crippen LogP contribution in [0.25, 0.3) is 11.1 Å². The molecule has 0 N–H and O–H groups in total. The second-order valence-corrected chi connectivity index (χ2v) is 12.1. The number of Topliss-reactive ketones (excluding diaryl/α,β-unsaturated/α-hetero) is 1. The van der Waals surface area contributed by atoms with Crippen LogP contribution in [-0.4, -0.2) is 39.8 Å². The summed E-state index contributed by atoms with van der Waals surface area (Å²) >= 11 is 7.39. The maximum absolute atomic E-state index is 13.3. The molecule has 2 amide bonds. The quantitative estimate of drug-likeness (QED) is 0.151. The van der Waals surface area contributed by atoms with Crippen LogP contribution in [0.2, 0.25) is 0 Å². The highest BCUT2D eigenvalue weighted by Crippen LogP contribution is 2.60.